The van der Waals surface area contributed by atoms with E-state index in [4.69, 9.17) is 5.73 Å². The van der Waals surface area contributed by atoms with Crippen molar-refractivity contribution in [3.63, 3.8) is 0 Å². The fourth-order valence-corrected chi connectivity index (χ4v) is 2.66. The monoisotopic (exact) mass is 269 g/mol. The van der Waals surface area contributed by atoms with Gasteiger partial charge in [-0.3, -0.25) is 9.59 Å². The number of nitrogens with one attached hydrogen (secondary N) is 2. The number of carbonyl (C=O) groups is 2. The van der Waals surface area contributed by atoms with Gasteiger partial charge in [0.1, 0.15) is 0 Å². The third-order valence-corrected chi connectivity index (χ3v) is 3.57. The summed E-state index contributed by atoms with van der Waals surface area (Å²) in [5, 5.41) is 5.58. The van der Waals surface area contributed by atoms with Gasteiger partial charge in [-0.2, -0.15) is 0 Å². The van der Waals surface area contributed by atoms with Crippen molar-refractivity contribution in [2.75, 3.05) is 6.54 Å². The maximum Gasteiger partial charge on any atom is 0.240 e. The molecule has 5 nitrogen and oxygen atoms in total. The molecule has 0 radical (unpaired) electrons. The van der Waals surface area contributed by atoms with E-state index in [9.17, 15) is 9.59 Å². The molecule has 5 heteroatoms. The minimum Gasteiger partial charge on any atom is -0.354 e. The van der Waals surface area contributed by atoms with Gasteiger partial charge in [0.2, 0.25) is 11.8 Å². The van der Waals surface area contributed by atoms with Crippen LogP contribution in [-0.2, 0) is 9.59 Å². The molecular weight excluding hydrogens is 242 g/mol. The van der Waals surface area contributed by atoms with Crippen LogP contribution in [0.5, 0.6) is 0 Å². The Balaban J connectivity index is 2.32. The van der Waals surface area contributed by atoms with Gasteiger partial charge < -0.3 is 16.4 Å². The second-order valence-corrected chi connectivity index (χ2v) is 6.09. The zero-order valence-corrected chi connectivity index (χ0v) is 12.3. The summed E-state index contributed by atoms with van der Waals surface area (Å²) in [7, 11) is 0. The normalized spacial score (nSPS) is 27.1. The van der Waals surface area contributed by atoms with Gasteiger partial charge >= 0.3 is 0 Å². The van der Waals surface area contributed by atoms with Crippen LogP contribution < -0.4 is 16.4 Å². The van der Waals surface area contributed by atoms with Gasteiger partial charge in [0, 0.05) is 19.0 Å². The van der Waals surface area contributed by atoms with Crippen LogP contribution in [0.4, 0.5) is 0 Å². The molecule has 0 aliphatic heterocycles. The summed E-state index contributed by atoms with van der Waals surface area (Å²) in [6, 6.07) is 0.128. The lowest BCUT2D eigenvalue weighted by atomic mass is 9.76. The summed E-state index contributed by atoms with van der Waals surface area (Å²) in [6.07, 6.45) is 3.91. The highest BCUT2D eigenvalue weighted by Gasteiger charge is 2.37. The molecule has 4 N–H and O–H groups in total. The Bertz CT molecular complexity index is 331. The van der Waals surface area contributed by atoms with E-state index in [0.717, 1.165) is 25.7 Å². The molecule has 1 aliphatic rings. The Kier molecular flexibility index (Phi) is 5.79. The van der Waals surface area contributed by atoms with Crippen molar-refractivity contribution in [1.29, 1.82) is 0 Å². The van der Waals surface area contributed by atoms with E-state index in [2.05, 4.69) is 17.6 Å². The highest BCUT2D eigenvalue weighted by molar-refractivity contribution is 5.86. The van der Waals surface area contributed by atoms with Crippen molar-refractivity contribution < 1.29 is 9.59 Å². The SMILES string of the molecule is CC1CCCC(N)(C(=O)NCCC(=O)NC(C)C)C1. The lowest BCUT2D eigenvalue weighted by Crippen LogP contribution is -2.56. The van der Waals surface area contributed by atoms with Crippen molar-refractivity contribution in [3.8, 4) is 0 Å². The van der Waals surface area contributed by atoms with Gasteiger partial charge in [0.05, 0.1) is 5.54 Å². The third-order valence-electron chi connectivity index (χ3n) is 3.57. The molecule has 1 saturated carbocycles. The van der Waals surface area contributed by atoms with E-state index < -0.39 is 5.54 Å². The smallest absolute Gasteiger partial charge is 0.240 e. The van der Waals surface area contributed by atoms with E-state index in [1.54, 1.807) is 0 Å². The number of nitrogens with two attached hydrogens (primary N) is 1. The van der Waals surface area contributed by atoms with Gasteiger partial charge in [-0.05, 0) is 32.6 Å². The summed E-state index contributed by atoms with van der Waals surface area (Å²) in [4.78, 5) is 23.6. The summed E-state index contributed by atoms with van der Waals surface area (Å²) >= 11 is 0. The van der Waals surface area contributed by atoms with Crippen LogP contribution in [0.2, 0.25) is 0 Å². The fraction of sp³-hybridized carbons (Fsp3) is 0.857. The molecule has 0 bridgehead atoms. The summed E-state index contributed by atoms with van der Waals surface area (Å²) < 4.78 is 0. The Morgan fingerprint density at radius 1 is 1.42 bits per heavy atom. The van der Waals surface area contributed by atoms with Crippen molar-refractivity contribution in [2.24, 2.45) is 11.7 Å². The first kappa shape index (κ1) is 16.0. The van der Waals surface area contributed by atoms with Gasteiger partial charge in [-0.1, -0.05) is 19.8 Å². The Morgan fingerprint density at radius 2 is 2.11 bits per heavy atom. The molecule has 1 aliphatic carbocycles. The van der Waals surface area contributed by atoms with E-state index in [-0.39, 0.29) is 17.9 Å². The summed E-state index contributed by atoms with van der Waals surface area (Å²) in [5.74, 6) is 0.337. The van der Waals surface area contributed by atoms with E-state index >= 15 is 0 Å². The van der Waals surface area contributed by atoms with Crippen LogP contribution in [0, 0.1) is 5.92 Å². The molecule has 2 amide bonds. The first-order valence-corrected chi connectivity index (χ1v) is 7.20. The molecular formula is C14H27N3O2. The zero-order valence-electron chi connectivity index (χ0n) is 12.3. The van der Waals surface area contributed by atoms with Gasteiger partial charge in [-0.25, -0.2) is 0 Å². The summed E-state index contributed by atoms with van der Waals surface area (Å²) in [6.45, 7) is 6.30. The Labute approximate surface area is 115 Å². The lowest BCUT2D eigenvalue weighted by Gasteiger charge is -2.35. The average Bonchev–Trinajstić information content (AvgIpc) is 2.27. The van der Waals surface area contributed by atoms with Crippen LogP contribution >= 0.6 is 0 Å². The first-order valence-electron chi connectivity index (χ1n) is 7.20. The van der Waals surface area contributed by atoms with Crippen molar-refractivity contribution >= 4 is 11.8 Å². The summed E-state index contributed by atoms with van der Waals surface area (Å²) in [5.41, 5.74) is 5.43. The molecule has 2 unspecified atom stereocenters. The predicted molar refractivity (Wildman–Crippen MR) is 75.5 cm³/mol. The highest BCUT2D eigenvalue weighted by atomic mass is 16.2. The molecule has 2 atom stereocenters. The van der Waals surface area contributed by atoms with Crippen LogP contribution in [0.25, 0.3) is 0 Å². The fourth-order valence-electron chi connectivity index (χ4n) is 2.66. The van der Waals surface area contributed by atoms with E-state index in [1.165, 1.54) is 0 Å². The molecule has 19 heavy (non-hydrogen) atoms. The molecule has 110 valence electrons. The molecule has 0 saturated heterocycles. The van der Waals surface area contributed by atoms with Crippen molar-refractivity contribution in [1.82, 2.24) is 10.6 Å². The maximum absolute atomic E-state index is 12.1. The van der Waals surface area contributed by atoms with Crippen LogP contribution in [-0.4, -0.2) is 29.9 Å². The molecule has 0 aromatic heterocycles. The standard InChI is InChI=1S/C14H27N3O2/c1-10(2)17-12(18)6-8-16-13(19)14(15)7-4-5-11(3)9-14/h10-11H,4-9,15H2,1-3H3,(H,16,19)(H,17,18). The molecule has 0 aromatic carbocycles. The number of hydrogen-bond acceptors (Lipinski definition) is 3. The Hall–Kier alpha value is -1.10. The first-order chi connectivity index (χ1) is 8.83. The van der Waals surface area contributed by atoms with Gasteiger partial charge in [0.25, 0.3) is 0 Å². The lowest BCUT2D eigenvalue weighted by molar-refractivity contribution is -0.128. The second kappa shape index (κ2) is 6.89. The second-order valence-electron chi connectivity index (χ2n) is 6.09. The molecule has 0 heterocycles. The van der Waals surface area contributed by atoms with Gasteiger partial charge in [-0.15, -0.1) is 0 Å². The van der Waals surface area contributed by atoms with Crippen molar-refractivity contribution in [2.45, 2.75) is 64.5 Å². The van der Waals surface area contributed by atoms with Crippen molar-refractivity contribution in [3.05, 3.63) is 0 Å². The number of amides is 2. The molecule has 0 spiro atoms. The van der Waals surface area contributed by atoms with Gasteiger partial charge in [0.15, 0.2) is 0 Å². The largest absolute Gasteiger partial charge is 0.354 e. The van der Waals surface area contributed by atoms with Crippen LogP contribution in [0.1, 0.15) is 52.9 Å². The zero-order chi connectivity index (χ0) is 14.5. The average molecular weight is 269 g/mol. The Morgan fingerprint density at radius 3 is 2.68 bits per heavy atom. The minimum atomic E-state index is -0.744. The minimum absolute atomic E-state index is 0.0432. The number of carbonyl (C=O) groups excluding carboxylic acids is 2. The maximum atomic E-state index is 12.1. The quantitative estimate of drug-likeness (QED) is 0.694. The predicted octanol–water partition coefficient (Wildman–Crippen LogP) is 0.925. The van der Waals surface area contributed by atoms with Crippen LogP contribution in [0.3, 0.4) is 0 Å². The molecule has 0 aromatic rings. The van der Waals surface area contributed by atoms with Crippen LogP contribution in [0.15, 0.2) is 0 Å². The third kappa shape index (κ3) is 5.19. The number of rotatable bonds is 5. The van der Waals surface area contributed by atoms with E-state index in [0.29, 0.717) is 18.9 Å². The topological polar surface area (TPSA) is 84.2 Å². The highest BCUT2D eigenvalue weighted by Crippen LogP contribution is 2.30. The van der Waals surface area contributed by atoms with E-state index in [1.807, 2.05) is 13.8 Å². The molecule has 1 rings (SSSR count). The molecule has 1 fully saturated rings. The number of hydrogen-bond donors (Lipinski definition) is 3.